The molecule has 3 aliphatic heterocycles. The van der Waals surface area contributed by atoms with E-state index in [2.05, 4.69) is 27.4 Å². The molecular weight excluding hydrogens is 440 g/mol. The van der Waals surface area contributed by atoms with E-state index < -0.39 is 40.2 Å². The lowest BCUT2D eigenvalue weighted by atomic mass is 9.66. The molecule has 0 aromatic carbocycles. The number of aliphatic hydroxyl groups is 1. The van der Waals surface area contributed by atoms with Crippen molar-refractivity contribution in [3.8, 4) is 0 Å². The fourth-order valence-electron chi connectivity index (χ4n) is 6.89. The number of thioether (sulfide) groups is 1. The van der Waals surface area contributed by atoms with Gasteiger partial charge < -0.3 is 20.0 Å². The van der Waals surface area contributed by atoms with Gasteiger partial charge in [0, 0.05) is 17.3 Å². The molecule has 0 saturated carbocycles. The zero-order valence-electron chi connectivity index (χ0n) is 21.0. The van der Waals surface area contributed by atoms with E-state index in [4.69, 9.17) is 0 Å². The maximum atomic E-state index is 14.4. The summed E-state index contributed by atoms with van der Waals surface area (Å²) in [6, 6.07) is -1.39. The Hall–Kier alpha value is -1.54. The summed E-state index contributed by atoms with van der Waals surface area (Å²) in [5.74, 6) is -3.01. The van der Waals surface area contributed by atoms with Crippen molar-refractivity contribution in [3.05, 3.63) is 12.7 Å². The quantitative estimate of drug-likeness (QED) is 0.518. The van der Waals surface area contributed by atoms with Gasteiger partial charge in [-0.3, -0.25) is 14.4 Å². The third kappa shape index (κ3) is 4.01. The van der Waals surface area contributed by atoms with Crippen LogP contribution in [0.15, 0.2) is 12.7 Å². The minimum Gasteiger partial charge on any atom is -0.481 e. The molecule has 33 heavy (non-hydrogen) atoms. The van der Waals surface area contributed by atoms with Crippen molar-refractivity contribution < 1.29 is 24.6 Å². The number of amides is 2. The SMILES string of the molecule is C=CCN(C(=O)C1N([C@H](C)CO)C(=O)[C@@H]2[C@H](C(=O)O)[C@@H]3CC(C)C12S3)C(C)(C)CC(C)(C)C. The van der Waals surface area contributed by atoms with Crippen LogP contribution in [0.1, 0.15) is 61.3 Å². The van der Waals surface area contributed by atoms with E-state index in [1.54, 1.807) is 13.0 Å². The minimum absolute atomic E-state index is 0.0122. The maximum Gasteiger partial charge on any atom is 0.308 e. The summed E-state index contributed by atoms with van der Waals surface area (Å²) in [7, 11) is 0. The number of aliphatic hydroxyl groups excluding tert-OH is 1. The largest absolute Gasteiger partial charge is 0.481 e. The molecule has 186 valence electrons. The predicted molar refractivity (Wildman–Crippen MR) is 130 cm³/mol. The van der Waals surface area contributed by atoms with E-state index in [9.17, 15) is 24.6 Å². The highest BCUT2D eigenvalue weighted by Gasteiger charge is 2.77. The van der Waals surface area contributed by atoms with Crippen molar-refractivity contribution >= 4 is 29.5 Å². The molecule has 0 radical (unpaired) electrons. The second-order valence-electron chi connectivity index (χ2n) is 12.0. The number of carbonyl (C=O) groups excluding carboxylic acids is 2. The Kier molecular flexibility index (Phi) is 6.79. The Morgan fingerprint density at radius 1 is 1.33 bits per heavy atom. The van der Waals surface area contributed by atoms with Gasteiger partial charge >= 0.3 is 5.97 Å². The summed E-state index contributed by atoms with van der Waals surface area (Å²) in [6.07, 6.45) is 3.12. The first-order valence-electron chi connectivity index (χ1n) is 11.9. The summed E-state index contributed by atoms with van der Waals surface area (Å²) in [6.45, 7) is 18.2. The average Bonchev–Trinajstić information content (AvgIpc) is 3.26. The third-order valence-corrected chi connectivity index (χ3v) is 9.79. The van der Waals surface area contributed by atoms with Crippen molar-refractivity contribution in [2.45, 2.75) is 88.9 Å². The summed E-state index contributed by atoms with van der Waals surface area (Å²) >= 11 is 1.53. The van der Waals surface area contributed by atoms with Crippen LogP contribution in [0.2, 0.25) is 0 Å². The second-order valence-corrected chi connectivity index (χ2v) is 13.5. The minimum atomic E-state index is -0.972. The zero-order chi connectivity index (χ0) is 25.1. The van der Waals surface area contributed by atoms with E-state index in [1.807, 2.05) is 25.7 Å². The number of rotatable bonds is 8. The van der Waals surface area contributed by atoms with E-state index in [-0.39, 0.29) is 35.0 Å². The third-order valence-electron chi connectivity index (χ3n) is 7.71. The zero-order valence-corrected chi connectivity index (χ0v) is 21.8. The van der Waals surface area contributed by atoms with Crippen molar-refractivity contribution in [1.29, 1.82) is 0 Å². The van der Waals surface area contributed by atoms with E-state index in [1.165, 1.54) is 16.7 Å². The fraction of sp³-hybridized carbons (Fsp3) is 0.800. The number of aliphatic carboxylic acids is 1. The Morgan fingerprint density at radius 3 is 2.42 bits per heavy atom. The lowest BCUT2D eigenvalue weighted by Crippen LogP contribution is -2.62. The Bertz CT molecular complexity index is 837. The smallest absolute Gasteiger partial charge is 0.308 e. The number of nitrogens with zero attached hydrogens (tertiary/aromatic N) is 2. The Labute approximate surface area is 202 Å². The number of carboxylic acids is 1. The molecule has 8 heteroatoms. The molecule has 7 nitrogen and oxygen atoms in total. The van der Waals surface area contributed by atoms with Gasteiger partial charge in [-0.1, -0.05) is 33.8 Å². The van der Waals surface area contributed by atoms with Gasteiger partial charge in [-0.15, -0.1) is 18.3 Å². The molecule has 3 fully saturated rings. The molecule has 3 saturated heterocycles. The summed E-state index contributed by atoms with van der Waals surface area (Å²) in [5, 5.41) is 19.8. The molecule has 0 aliphatic carbocycles. The molecule has 0 aromatic rings. The predicted octanol–water partition coefficient (Wildman–Crippen LogP) is 3.02. The van der Waals surface area contributed by atoms with Crippen LogP contribution in [0.5, 0.6) is 0 Å². The molecule has 0 aromatic heterocycles. The van der Waals surface area contributed by atoms with Crippen molar-refractivity contribution in [2.24, 2.45) is 23.2 Å². The Morgan fingerprint density at radius 2 is 1.94 bits per heavy atom. The van der Waals surface area contributed by atoms with Crippen LogP contribution < -0.4 is 0 Å². The standard InChI is InChI=1S/C25H40N2O5S/c1-9-10-26(24(7,8)13-23(4,5)6)21(30)19-25-14(2)11-16(33-25)17(22(31)32)18(25)20(29)27(19)15(3)12-28/h9,14-19,28H,1,10-13H2,2-8H3,(H,31,32)/t14?,15-,16+,17-,18+,19?,25?/m1/s1. The first-order chi connectivity index (χ1) is 15.1. The van der Waals surface area contributed by atoms with Crippen LogP contribution in [-0.2, 0) is 14.4 Å². The fourth-order valence-corrected chi connectivity index (χ4v) is 9.28. The van der Waals surface area contributed by atoms with Gasteiger partial charge in [0.2, 0.25) is 11.8 Å². The van der Waals surface area contributed by atoms with Crippen LogP contribution in [0.4, 0.5) is 0 Å². The van der Waals surface area contributed by atoms with E-state index in [0.717, 1.165) is 6.42 Å². The molecule has 3 rings (SSSR count). The number of carbonyl (C=O) groups is 3. The van der Waals surface area contributed by atoms with Gasteiger partial charge in [0.1, 0.15) is 6.04 Å². The molecule has 3 heterocycles. The van der Waals surface area contributed by atoms with Crippen LogP contribution in [-0.4, -0.2) is 78.6 Å². The van der Waals surface area contributed by atoms with Crippen LogP contribution in [0.3, 0.4) is 0 Å². The highest BCUT2D eigenvalue weighted by atomic mass is 32.2. The van der Waals surface area contributed by atoms with Gasteiger partial charge in [0.15, 0.2) is 0 Å². The highest BCUT2D eigenvalue weighted by Crippen LogP contribution is 2.69. The number of fused-ring (bicyclic) bond motifs is 1. The average molecular weight is 481 g/mol. The van der Waals surface area contributed by atoms with Gasteiger partial charge in [-0.25, -0.2) is 0 Å². The first kappa shape index (κ1) is 26.1. The molecular formula is C25H40N2O5S. The second kappa shape index (κ2) is 8.59. The summed E-state index contributed by atoms with van der Waals surface area (Å²) in [5.41, 5.74) is -0.540. The molecule has 3 unspecified atom stereocenters. The van der Waals surface area contributed by atoms with Gasteiger partial charge in [0.25, 0.3) is 0 Å². The number of likely N-dealkylation sites (tertiary alicyclic amines) is 1. The number of carboxylic acid groups (broad SMARTS) is 1. The first-order valence-corrected chi connectivity index (χ1v) is 12.8. The molecule has 2 N–H and O–H groups in total. The van der Waals surface area contributed by atoms with Gasteiger partial charge in [-0.2, -0.15) is 0 Å². The maximum absolute atomic E-state index is 14.4. The summed E-state index contributed by atoms with van der Waals surface area (Å²) in [4.78, 5) is 43.7. The molecule has 2 bridgehead atoms. The van der Waals surface area contributed by atoms with Gasteiger partial charge in [-0.05, 0) is 44.9 Å². The molecule has 2 amide bonds. The van der Waals surface area contributed by atoms with E-state index in [0.29, 0.717) is 13.0 Å². The van der Waals surface area contributed by atoms with Crippen LogP contribution in [0, 0.1) is 23.2 Å². The summed E-state index contributed by atoms with van der Waals surface area (Å²) < 4.78 is -0.803. The number of hydrogen-bond acceptors (Lipinski definition) is 5. The van der Waals surface area contributed by atoms with Crippen molar-refractivity contribution in [1.82, 2.24) is 9.80 Å². The Balaban J connectivity index is 2.14. The van der Waals surface area contributed by atoms with Crippen molar-refractivity contribution in [3.63, 3.8) is 0 Å². The normalized spacial score (nSPS) is 34.4. The molecule has 1 spiro atoms. The van der Waals surface area contributed by atoms with Crippen molar-refractivity contribution in [2.75, 3.05) is 13.2 Å². The molecule has 7 atom stereocenters. The van der Waals surface area contributed by atoms with Gasteiger partial charge in [0.05, 0.1) is 29.2 Å². The lowest BCUT2D eigenvalue weighted by molar-refractivity contribution is -0.150. The molecule has 3 aliphatic rings. The van der Waals surface area contributed by atoms with Crippen LogP contribution >= 0.6 is 11.8 Å². The topological polar surface area (TPSA) is 98.2 Å². The lowest BCUT2D eigenvalue weighted by Gasteiger charge is -2.47. The van der Waals surface area contributed by atoms with E-state index >= 15 is 0 Å². The highest BCUT2D eigenvalue weighted by molar-refractivity contribution is 8.02. The number of hydrogen-bond donors (Lipinski definition) is 2. The van der Waals surface area contributed by atoms with Crippen LogP contribution in [0.25, 0.3) is 0 Å². The monoisotopic (exact) mass is 480 g/mol.